The lowest BCUT2D eigenvalue weighted by molar-refractivity contribution is -0.256. The van der Waals surface area contributed by atoms with E-state index >= 15 is 0 Å². The van der Waals surface area contributed by atoms with Gasteiger partial charge in [-0.25, -0.2) is 0 Å². The Balaban J connectivity index is 2.77. The lowest BCUT2D eigenvalue weighted by Crippen LogP contribution is -2.66. The average Bonchev–Trinajstić information content (AvgIpc) is 2.40. The lowest BCUT2D eigenvalue weighted by Gasteiger charge is -2.44. The van der Waals surface area contributed by atoms with Gasteiger partial charge in [-0.2, -0.15) is 0 Å². The summed E-state index contributed by atoms with van der Waals surface area (Å²) in [6.45, 7) is 11.5. The smallest absolute Gasteiger partial charge is 0.267 e. The second kappa shape index (κ2) is 5.49. The molecule has 1 aromatic carbocycles. The highest BCUT2D eigenvalue weighted by molar-refractivity contribution is 5.85. The van der Waals surface area contributed by atoms with Crippen molar-refractivity contribution in [2.45, 2.75) is 71.2 Å². The number of nitrogens with two attached hydrogens (primary N) is 1. The fraction of sp³-hybridized carbons (Fsp3) is 0.611. The second-order valence-corrected chi connectivity index (χ2v) is 7.29. The molecule has 0 fully saturated rings. The molecule has 2 rings (SSSR count). The van der Waals surface area contributed by atoms with Gasteiger partial charge in [-0.05, 0) is 42.4 Å². The van der Waals surface area contributed by atoms with Crippen LogP contribution in [0, 0.1) is 6.92 Å². The van der Waals surface area contributed by atoms with Gasteiger partial charge < -0.3 is 20.7 Å². The molecular formula is C18H27NO4. The Labute approximate surface area is 137 Å². The maximum atomic E-state index is 11.8. The van der Waals surface area contributed by atoms with Crippen LogP contribution in [0.4, 0.5) is 0 Å². The summed E-state index contributed by atoms with van der Waals surface area (Å²) in [5, 5.41) is 20.8. The molecule has 0 aromatic heterocycles. The molecule has 0 saturated carbocycles. The van der Waals surface area contributed by atoms with Gasteiger partial charge in [-0.3, -0.25) is 4.79 Å². The maximum Gasteiger partial charge on any atom is 0.267 e. The molecule has 5 heteroatoms. The molecule has 0 bridgehead atoms. The zero-order valence-electron chi connectivity index (χ0n) is 14.7. The van der Waals surface area contributed by atoms with Gasteiger partial charge in [0.15, 0.2) is 0 Å². The van der Waals surface area contributed by atoms with E-state index in [2.05, 4.69) is 19.9 Å². The quantitative estimate of drug-likeness (QED) is 0.743. The van der Waals surface area contributed by atoms with Crippen LogP contribution in [-0.4, -0.2) is 27.5 Å². The number of primary amides is 1. The molecule has 1 atom stereocenters. The van der Waals surface area contributed by atoms with Gasteiger partial charge in [0, 0.05) is 12.0 Å². The molecule has 1 aliphatic rings. The highest BCUT2D eigenvalue weighted by Crippen LogP contribution is 2.45. The molecule has 1 amide bonds. The van der Waals surface area contributed by atoms with Crippen LogP contribution in [0.3, 0.4) is 0 Å². The topological polar surface area (TPSA) is 92.8 Å². The number of hydrogen-bond acceptors (Lipinski definition) is 4. The summed E-state index contributed by atoms with van der Waals surface area (Å²) >= 11 is 0. The van der Waals surface area contributed by atoms with Gasteiger partial charge in [-0.15, -0.1) is 0 Å². The van der Waals surface area contributed by atoms with Crippen molar-refractivity contribution in [2.75, 3.05) is 0 Å². The number of hydrogen-bond donors (Lipinski definition) is 3. The highest BCUT2D eigenvalue weighted by atomic mass is 16.6. The molecule has 128 valence electrons. The van der Waals surface area contributed by atoms with Gasteiger partial charge in [-0.1, -0.05) is 33.8 Å². The molecule has 0 saturated heterocycles. The van der Waals surface area contributed by atoms with E-state index in [1.165, 1.54) is 6.92 Å². The van der Waals surface area contributed by atoms with Gasteiger partial charge in [0.1, 0.15) is 5.75 Å². The zero-order chi connectivity index (χ0) is 17.7. The predicted octanol–water partition coefficient (Wildman–Crippen LogP) is 2.10. The summed E-state index contributed by atoms with van der Waals surface area (Å²) in [5.74, 6) is -2.20. The Bertz CT molecular complexity index is 649. The predicted molar refractivity (Wildman–Crippen MR) is 88.5 cm³/mol. The normalized spacial score (nSPS) is 22.9. The molecule has 1 unspecified atom stereocenters. The van der Waals surface area contributed by atoms with Crippen molar-refractivity contribution < 1.29 is 19.7 Å². The molecule has 23 heavy (non-hydrogen) atoms. The molecule has 1 aromatic rings. The number of carbonyl (C=O) groups excluding carboxylic acids is 1. The van der Waals surface area contributed by atoms with Crippen LogP contribution in [0.5, 0.6) is 5.75 Å². The van der Waals surface area contributed by atoms with Gasteiger partial charge >= 0.3 is 0 Å². The molecule has 0 aliphatic carbocycles. The first kappa shape index (κ1) is 17.8. The van der Waals surface area contributed by atoms with Gasteiger partial charge in [0.25, 0.3) is 5.91 Å². The summed E-state index contributed by atoms with van der Waals surface area (Å²) in [6.07, 6.45) is -0.0888. The highest BCUT2D eigenvalue weighted by Gasteiger charge is 2.57. The third-order valence-corrected chi connectivity index (χ3v) is 4.91. The first-order valence-electron chi connectivity index (χ1n) is 8.02. The number of benzene rings is 1. The number of aliphatic hydroxyl groups is 2. The minimum Gasteiger partial charge on any atom is -0.471 e. The van der Waals surface area contributed by atoms with Crippen LogP contribution < -0.4 is 10.5 Å². The molecular weight excluding hydrogens is 294 g/mol. The SMILES string of the molecule is Cc1c(C(C)C)cc(C(C)C)c2c1OC(C)(C(N)=O)C(O)(O)C2. The summed E-state index contributed by atoms with van der Waals surface area (Å²) in [5.41, 5.74) is 7.31. The Hall–Kier alpha value is -1.59. The summed E-state index contributed by atoms with van der Waals surface area (Å²) in [4.78, 5) is 11.8. The summed E-state index contributed by atoms with van der Waals surface area (Å²) < 4.78 is 5.83. The number of rotatable bonds is 3. The minimum absolute atomic E-state index is 0.0888. The van der Waals surface area contributed by atoms with E-state index in [4.69, 9.17) is 10.5 Å². The molecule has 5 nitrogen and oxygen atoms in total. The van der Waals surface area contributed by atoms with E-state index < -0.39 is 17.3 Å². The second-order valence-electron chi connectivity index (χ2n) is 7.29. The van der Waals surface area contributed by atoms with Crippen molar-refractivity contribution in [1.29, 1.82) is 0 Å². The number of fused-ring (bicyclic) bond motifs is 1. The first-order valence-corrected chi connectivity index (χ1v) is 8.02. The van der Waals surface area contributed by atoms with Crippen molar-refractivity contribution in [3.05, 3.63) is 28.3 Å². The molecule has 0 spiro atoms. The number of ether oxygens (including phenoxy) is 1. The molecule has 1 aliphatic heterocycles. The van der Waals surface area contributed by atoms with Crippen LogP contribution in [0.15, 0.2) is 6.07 Å². The van der Waals surface area contributed by atoms with Crippen LogP contribution in [-0.2, 0) is 11.2 Å². The Morgan fingerprint density at radius 1 is 1.22 bits per heavy atom. The molecule has 4 N–H and O–H groups in total. The third kappa shape index (κ3) is 2.62. The van der Waals surface area contributed by atoms with Crippen LogP contribution >= 0.6 is 0 Å². The Morgan fingerprint density at radius 2 is 1.74 bits per heavy atom. The summed E-state index contributed by atoms with van der Waals surface area (Å²) in [6, 6.07) is 2.11. The monoisotopic (exact) mass is 321 g/mol. The zero-order valence-corrected chi connectivity index (χ0v) is 14.7. The Morgan fingerprint density at radius 3 is 2.17 bits per heavy atom. The van der Waals surface area contributed by atoms with Crippen molar-refractivity contribution in [3.8, 4) is 5.75 Å². The average molecular weight is 321 g/mol. The van der Waals surface area contributed by atoms with Crippen molar-refractivity contribution in [2.24, 2.45) is 5.73 Å². The minimum atomic E-state index is -2.35. The molecule has 1 heterocycles. The number of carbonyl (C=O) groups is 1. The van der Waals surface area contributed by atoms with Crippen molar-refractivity contribution in [3.63, 3.8) is 0 Å². The third-order valence-electron chi connectivity index (χ3n) is 4.91. The van der Waals surface area contributed by atoms with Crippen molar-refractivity contribution >= 4 is 5.91 Å². The van der Waals surface area contributed by atoms with E-state index in [9.17, 15) is 15.0 Å². The van der Waals surface area contributed by atoms with E-state index in [-0.39, 0.29) is 18.3 Å². The maximum absolute atomic E-state index is 11.8. The van der Waals surface area contributed by atoms with E-state index in [0.717, 1.165) is 22.3 Å². The van der Waals surface area contributed by atoms with E-state index in [0.29, 0.717) is 5.75 Å². The fourth-order valence-electron chi connectivity index (χ4n) is 3.24. The van der Waals surface area contributed by atoms with E-state index in [1.807, 2.05) is 20.8 Å². The van der Waals surface area contributed by atoms with Crippen LogP contribution in [0.2, 0.25) is 0 Å². The summed E-state index contributed by atoms with van der Waals surface area (Å²) in [7, 11) is 0. The first-order chi connectivity index (χ1) is 10.4. The standard InChI is InChI=1S/C18H27NO4/c1-9(2)12-7-13(10(3)4)14-8-18(21,22)17(6,16(19)20)23-15(14)11(12)5/h7,9-10,21-22H,8H2,1-6H3,(H2,19,20). The van der Waals surface area contributed by atoms with Crippen LogP contribution in [0.25, 0.3) is 0 Å². The Kier molecular flexibility index (Phi) is 4.24. The van der Waals surface area contributed by atoms with Gasteiger partial charge in [0.05, 0.1) is 0 Å². The van der Waals surface area contributed by atoms with Crippen molar-refractivity contribution in [1.82, 2.24) is 0 Å². The largest absolute Gasteiger partial charge is 0.471 e. The lowest BCUT2D eigenvalue weighted by atomic mass is 9.79. The fourth-order valence-corrected chi connectivity index (χ4v) is 3.24. The van der Waals surface area contributed by atoms with Crippen LogP contribution in [0.1, 0.15) is 68.7 Å². The molecule has 0 radical (unpaired) electrons. The number of amides is 1. The van der Waals surface area contributed by atoms with E-state index in [1.54, 1.807) is 0 Å². The van der Waals surface area contributed by atoms with Gasteiger partial charge in [0.2, 0.25) is 11.4 Å².